The number of aryl methyl sites for hydroxylation is 1. The van der Waals surface area contributed by atoms with Crippen LogP contribution in [-0.4, -0.2) is 50.2 Å². The van der Waals surface area contributed by atoms with Gasteiger partial charge in [-0.25, -0.2) is 0 Å². The van der Waals surface area contributed by atoms with E-state index < -0.39 is 0 Å². The number of nitrogens with zero attached hydrogens (tertiary/aromatic N) is 2. The zero-order chi connectivity index (χ0) is 17.6. The van der Waals surface area contributed by atoms with Gasteiger partial charge in [-0.15, -0.1) is 0 Å². The molecule has 0 atom stereocenters. The molecule has 0 saturated carbocycles. The Bertz CT molecular complexity index is 677. The van der Waals surface area contributed by atoms with Crippen LogP contribution in [0.2, 0.25) is 0 Å². The molecule has 1 saturated heterocycles. The van der Waals surface area contributed by atoms with E-state index in [1.807, 2.05) is 12.1 Å². The molecule has 0 spiro atoms. The van der Waals surface area contributed by atoms with Gasteiger partial charge in [0.05, 0.1) is 14.2 Å². The average Bonchev–Trinajstić information content (AvgIpc) is 2.64. The van der Waals surface area contributed by atoms with Gasteiger partial charge in [-0.3, -0.25) is 9.80 Å². The summed E-state index contributed by atoms with van der Waals surface area (Å²) in [5.74, 6) is 1.91. The van der Waals surface area contributed by atoms with Crippen molar-refractivity contribution in [2.24, 2.45) is 0 Å². The highest BCUT2D eigenvalue weighted by Gasteiger charge is 2.18. The smallest absolute Gasteiger partial charge is 0.123 e. The highest BCUT2D eigenvalue weighted by molar-refractivity contribution is 5.36. The molecule has 0 N–H and O–H groups in total. The largest absolute Gasteiger partial charge is 0.497 e. The van der Waals surface area contributed by atoms with E-state index in [0.717, 1.165) is 50.8 Å². The molecule has 0 bridgehead atoms. The number of rotatable bonds is 6. The van der Waals surface area contributed by atoms with Gasteiger partial charge in [0.2, 0.25) is 0 Å². The van der Waals surface area contributed by atoms with Crippen LogP contribution < -0.4 is 9.47 Å². The first-order chi connectivity index (χ1) is 12.2. The van der Waals surface area contributed by atoms with Crippen molar-refractivity contribution in [1.29, 1.82) is 0 Å². The Morgan fingerprint density at radius 2 is 1.44 bits per heavy atom. The van der Waals surface area contributed by atoms with Crippen LogP contribution in [0.1, 0.15) is 16.7 Å². The summed E-state index contributed by atoms with van der Waals surface area (Å²) in [7, 11) is 3.46. The molecule has 3 rings (SSSR count). The van der Waals surface area contributed by atoms with E-state index in [-0.39, 0.29) is 0 Å². The molecule has 1 aliphatic rings. The Balaban J connectivity index is 1.52. The Labute approximate surface area is 151 Å². The molecule has 0 aliphatic carbocycles. The molecule has 1 aliphatic heterocycles. The van der Waals surface area contributed by atoms with E-state index in [1.54, 1.807) is 14.2 Å². The molecule has 1 fully saturated rings. The highest BCUT2D eigenvalue weighted by atomic mass is 16.5. The Hall–Kier alpha value is -2.04. The van der Waals surface area contributed by atoms with Crippen LogP contribution >= 0.6 is 0 Å². The predicted molar refractivity (Wildman–Crippen MR) is 101 cm³/mol. The standard InChI is InChI=1S/C21H28N2O2/c1-17-4-9-21(25-3)19(14-17)16-23-12-10-22(11-13-23)15-18-5-7-20(24-2)8-6-18/h4-9,14H,10-13,15-16H2,1-3H3. The van der Waals surface area contributed by atoms with Crippen LogP contribution in [-0.2, 0) is 13.1 Å². The normalized spacial score (nSPS) is 16.0. The first kappa shape index (κ1) is 17.8. The van der Waals surface area contributed by atoms with Crippen molar-refractivity contribution in [3.8, 4) is 11.5 Å². The molecule has 0 unspecified atom stereocenters. The number of benzene rings is 2. The topological polar surface area (TPSA) is 24.9 Å². The Morgan fingerprint density at radius 1 is 0.800 bits per heavy atom. The number of piperazine rings is 1. The molecule has 0 amide bonds. The summed E-state index contributed by atoms with van der Waals surface area (Å²) < 4.78 is 10.7. The molecule has 1 heterocycles. The highest BCUT2D eigenvalue weighted by Crippen LogP contribution is 2.22. The second-order valence-electron chi connectivity index (χ2n) is 6.72. The lowest BCUT2D eigenvalue weighted by atomic mass is 10.1. The fourth-order valence-corrected chi connectivity index (χ4v) is 3.37. The summed E-state index contributed by atoms with van der Waals surface area (Å²) in [6, 6.07) is 14.8. The fourth-order valence-electron chi connectivity index (χ4n) is 3.37. The van der Waals surface area contributed by atoms with Gasteiger partial charge in [0.15, 0.2) is 0 Å². The molecule has 2 aromatic rings. The van der Waals surface area contributed by atoms with Crippen molar-refractivity contribution in [2.75, 3.05) is 40.4 Å². The molecular formula is C21H28N2O2. The first-order valence-electron chi connectivity index (χ1n) is 8.89. The van der Waals surface area contributed by atoms with Gasteiger partial charge in [0.1, 0.15) is 11.5 Å². The van der Waals surface area contributed by atoms with Gasteiger partial charge < -0.3 is 9.47 Å². The van der Waals surface area contributed by atoms with E-state index in [0.29, 0.717) is 0 Å². The van der Waals surface area contributed by atoms with Crippen LogP contribution in [0.25, 0.3) is 0 Å². The maximum Gasteiger partial charge on any atom is 0.123 e. The molecule has 0 aromatic heterocycles. The second kappa shape index (κ2) is 8.37. The van der Waals surface area contributed by atoms with Crippen molar-refractivity contribution in [2.45, 2.75) is 20.0 Å². The summed E-state index contributed by atoms with van der Waals surface area (Å²) in [4.78, 5) is 5.04. The van der Waals surface area contributed by atoms with E-state index >= 15 is 0 Å². The maximum absolute atomic E-state index is 5.51. The summed E-state index contributed by atoms with van der Waals surface area (Å²) in [6.45, 7) is 8.48. The predicted octanol–water partition coefficient (Wildman–Crippen LogP) is 3.33. The zero-order valence-electron chi connectivity index (χ0n) is 15.5. The SMILES string of the molecule is COc1ccc(CN2CCN(Cc3cc(C)ccc3OC)CC2)cc1. The van der Waals surface area contributed by atoms with Crippen LogP contribution in [0, 0.1) is 6.92 Å². The monoisotopic (exact) mass is 340 g/mol. The van der Waals surface area contributed by atoms with Crippen molar-refractivity contribution in [3.63, 3.8) is 0 Å². The van der Waals surface area contributed by atoms with E-state index in [9.17, 15) is 0 Å². The lowest BCUT2D eigenvalue weighted by molar-refractivity contribution is 0.121. The quantitative estimate of drug-likeness (QED) is 0.805. The third kappa shape index (κ3) is 4.74. The van der Waals surface area contributed by atoms with Gasteiger partial charge >= 0.3 is 0 Å². The maximum atomic E-state index is 5.51. The van der Waals surface area contributed by atoms with E-state index in [2.05, 4.69) is 47.1 Å². The van der Waals surface area contributed by atoms with Gasteiger partial charge in [0, 0.05) is 44.8 Å². The number of methoxy groups -OCH3 is 2. The lowest BCUT2D eigenvalue weighted by Gasteiger charge is -2.35. The lowest BCUT2D eigenvalue weighted by Crippen LogP contribution is -2.45. The van der Waals surface area contributed by atoms with Gasteiger partial charge in [-0.05, 0) is 30.7 Å². The summed E-state index contributed by atoms with van der Waals surface area (Å²) in [5.41, 5.74) is 3.91. The first-order valence-corrected chi connectivity index (χ1v) is 8.89. The number of hydrogen-bond donors (Lipinski definition) is 0. The number of hydrogen-bond acceptors (Lipinski definition) is 4. The van der Waals surface area contributed by atoms with Gasteiger partial charge in [0.25, 0.3) is 0 Å². The molecule has 25 heavy (non-hydrogen) atoms. The van der Waals surface area contributed by atoms with Crippen LogP contribution in [0.4, 0.5) is 0 Å². The number of ether oxygens (including phenoxy) is 2. The van der Waals surface area contributed by atoms with E-state index in [1.165, 1.54) is 16.7 Å². The molecule has 2 aromatic carbocycles. The van der Waals surface area contributed by atoms with Crippen LogP contribution in [0.15, 0.2) is 42.5 Å². The zero-order valence-corrected chi connectivity index (χ0v) is 15.5. The van der Waals surface area contributed by atoms with Gasteiger partial charge in [-0.1, -0.05) is 29.8 Å². The van der Waals surface area contributed by atoms with Crippen LogP contribution in [0.3, 0.4) is 0 Å². The fraction of sp³-hybridized carbons (Fsp3) is 0.429. The molecule has 4 nitrogen and oxygen atoms in total. The summed E-state index contributed by atoms with van der Waals surface area (Å²) >= 11 is 0. The molecule has 4 heteroatoms. The van der Waals surface area contributed by atoms with Crippen molar-refractivity contribution in [1.82, 2.24) is 9.80 Å². The summed E-state index contributed by atoms with van der Waals surface area (Å²) in [6.07, 6.45) is 0. The molecule has 134 valence electrons. The summed E-state index contributed by atoms with van der Waals surface area (Å²) in [5, 5.41) is 0. The van der Waals surface area contributed by atoms with Gasteiger partial charge in [-0.2, -0.15) is 0 Å². The third-order valence-corrected chi connectivity index (χ3v) is 4.86. The van der Waals surface area contributed by atoms with Crippen molar-refractivity contribution in [3.05, 3.63) is 59.2 Å². The third-order valence-electron chi connectivity index (χ3n) is 4.86. The second-order valence-corrected chi connectivity index (χ2v) is 6.72. The molecule has 0 radical (unpaired) electrons. The minimum Gasteiger partial charge on any atom is -0.497 e. The van der Waals surface area contributed by atoms with Crippen molar-refractivity contribution >= 4 is 0 Å². The minimum absolute atomic E-state index is 0.917. The van der Waals surface area contributed by atoms with Crippen LogP contribution in [0.5, 0.6) is 11.5 Å². The molecular weight excluding hydrogens is 312 g/mol. The van der Waals surface area contributed by atoms with Crippen molar-refractivity contribution < 1.29 is 9.47 Å². The Morgan fingerprint density at radius 3 is 2.04 bits per heavy atom. The average molecular weight is 340 g/mol. The Kier molecular flexibility index (Phi) is 5.95. The van der Waals surface area contributed by atoms with E-state index in [4.69, 9.17) is 9.47 Å². The minimum atomic E-state index is 0.917.